The number of hydrogen-bond acceptors (Lipinski definition) is 8. The van der Waals surface area contributed by atoms with E-state index in [1.54, 1.807) is 11.3 Å². The fourth-order valence-electron chi connectivity index (χ4n) is 7.28. The van der Waals surface area contributed by atoms with Gasteiger partial charge in [0.15, 0.2) is 18.3 Å². The van der Waals surface area contributed by atoms with Crippen molar-refractivity contribution in [3.8, 4) is 5.00 Å². The summed E-state index contributed by atoms with van der Waals surface area (Å²) >= 11 is 7.97. The van der Waals surface area contributed by atoms with Gasteiger partial charge >= 0.3 is 0 Å². The molecule has 1 N–H and O–H groups in total. The number of aryl methyl sites for hydroxylation is 2. The van der Waals surface area contributed by atoms with Crippen LogP contribution in [-0.2, 0) is 14.3 Å². The van der Waals surface area contributed by atoms with Gasteiger partial charge in [-0.15, -0.1) is 21.5 Å². The second-order valence-corrected chi connectivity index (χ2v) is 15.3. The van der Waals surface area contributed by atoms with Gasteiger partial charge in [0.05, 0.1) is 17.7 Å². The second kappa shape index (κ2) is 11.3. The van der Waals surface area contributed by atoms with Gasteiger partial charge in [-0.3, -0.25) is 19.3 Å². The van der Waals surface area contributed by atoms with E-state index in [1.165, 1.54) is 16.9 Å². The van der Waals surface area contributed by atoms with Crippen LogP contribution in [0.1, 0.15) is 98.6 Å². The number of nitrogens with one attached hydrogen (secondary N) is 1. The third-order valence-corrected chi connectivity index (χ3v) is 10.8. The number of carbonyl (C=O) groups is 1. The summed E-state index contributed by atoms with van der Waals surface area (Å²) < 4.78 is 14.2. The summed E-state index contributed by atoms with van der Waals surface area (Å²) in [6.45, 7) is 12.4. The molecular formula is C33H41ClN6O3S. The van der Waals surface area contributed by atoms with E-state index < -0.39 is 6.04 Å². The van der Waals surface area contributed by atoms with E-state index in [0.29, 0.717) is 22.9 Å². The van der Waals surface area contributed by atoms with Crippen LogP contribution in [-0.4, -0.2) is 67.5 Å². The zero-order chi connectivity index (χ0) is 30.9. The quantitative estimate of drug-likeness (QED) is 0.324. The topological polar surface area (TPSA) is 97.2 Å². The zero-order valence-electron chi connectivity index (χ0n) is 26.3. The van der Waals surface area contributed by atoms with Crippen LogP contribution < -0.4 is 5.32 Å². The monoisotopic (exact) mass is 636 g/mol. The highest BCUT2D eigenvalue weighted by Gasteiger charge is 2.54. The first-order valence-corrected chi connectivity index (χ1v) is 16.9. The highest BCUT2D eigenvalue weighted by molar-refractivity contribution is 7.15. The molecule has 2 aromatic heterocycles. The lowest BCUT2D eigenvalue weighted by Gasteiger charge is -2.48. The average Bonchev–Trinajstić information content (AvgIpc) is 3.51. The molecule has 9 nitrogen and oxygen atoms in total. The molecule has 1 aromatic carbocycles. The van der Waals surface area contributed by atoms with Gasteiger partial charge in [-0.25, -0.2) is 0 Å². The molecule has 3 saturated heterocycles. The van der Waals surface area contributed by atoms with Crippen LogP contribution in [0.25, 0.3) is 5.00 Å². The van der Waals surface area contributed by atoms with Gasteiger partial charge < -0.3 is 14.8 Å². The molecular weight excluding hydrogens is 596 g/mol. The number of benzene rings is 1. The number of carbonyl (C=O) groups excluding carboxylic acids is 1. The van der Waals surface area contributed by atoms with E-state index in [-0.39, 0.29) is 36.5 Å². The highest BCUT2D eigenvalue weighted by Crippen LogP contribution is 2.43. The predicted molar refractivity (Wildman–Crippen MR) is 172 cm³/mol. The number of piperidine rings is 2. The summed E-state index contributed by atoms with van der Waals surface area (Å²) in [6, 6.07) is 8.18. The Morgan fingerprint density at radius 2 is 1.82 bits per heavy atom. The second-order valence-electron chi connectivity index (χ2n) is 13.7. The van der Waals surface area contributed by atoms with Gasteiger partial charge in [0.1, 0.15) is 16.9 Å². The molecule has 7 rings (SSSR count). The van der Waals surface area contributed by atoms with Crippen LogP contribution in [0.15, 0.2) is 29.3 Å². The minimum Gasteiger partial charge on any atom is -0.353 e. The predicted octanol–water partition coefficient (Wildman–Crippen LogP) is 6.19. The Kier molecular flexibility index (Phi) is 7.73. The molecule has 1 amide bonds. The minimum absolute atomic E-state index is 0.00676. The van der Waals surface area contributed by atoms with Crippen molar-refractivity contribution in [3.63, 3.8) is 0 Å². The summed E-state index contributed by atoms with van der Waals surface area (Å²) in [7, 11) is 0. The molecule has 3 aromatic rings. The number of thiophene rings is 1. The summed E-state index contributed by atoms with van der Waals surface area (Å²) in [4.78, 5) is 22.8. The molecule has 0 aliphatic carbocycles. The standard InChI is InChI=1S/C33H41ClN6O3S/c1-17-18(2)44-31-27(17)28(20-10-12-21(34)13-11-20)36-25(29-38-37-19(3)39(29)31)16-26(41)35-22-14-23-8-7-9-24(15-22)40(23)30-32(42-30)43-33(4,5)6/h10-13,22-25,30,32H,7-9,14-16H2,1-6H3,(H,35,41)/t22?,23-,24+,25-,30?,32?/m0/s1. The van der Waals surface area contributed by atoms with E-state index >= 15 is 0 Å². The van der Waals surface area contributed by atoms with Gasteiger partial charge in [-0.1, -0.05) is 30.2 Å². The fraction of sp³-hybridized carbons (Fsp3) is 0.576. The Morgan fingerprint density at radius 1 is 1.11 bits per heavy atom. The van der Waals surface area contributed by atoms with Crippen LogP contribution in [0, 0.1) is 20.8 Å². The normalized spacial score (nSPS) is 28.1. The van der Waals surface area contributed by atoms with Crippen molar-refractivity contribution in [1.82, 2.24) is 25.0 Å². The lowest BCUT2D eigenvalue weighted by atomic mass is 9.81. The van der Waals surface area contributed by atoms with Crippen molar-refractivity contribution in [1.29, 1.82) is 0 Å². The van der Waals surface area contributed by atoms with Crippen LogP contribution in [0.5, 0.6) is 0 Å². The number of rotatable bonds is 6. The van der Waals surface area contributed by atoms with Crippen molar-refractivity contribution in [2.24, 2.45) is 4.99 Å². The van der Waals surface area contributed by atoms with Crippen molar-refractivity contribution < 1.29 is 14.3 Å². The van der Waals surface area contributed by atoms with Crippen molar-refractivity contribution >= 4 is 34.6 Å². The Balaban J connectivity index is 1.12. The molecule has 0 spiro atoms. The number of aliphatic imine (C=N–C) groups is 1. The molecule has 6 heterocycles. The number of fused-ring (bicyclic) bond motifs is 5. The SMILES string of the molecule is Cc1sc2c(c1C)C(c1ccc(Cl)cc1)=N[C@@H](CC(=O)NC1C[C@H]3CCC[C@@H](C1)N3C1OC1OC(C)(C)C)c1nnc(C)n1-2. The highest BCUT2D eigenvalue weighted by atomic mass is 35.5. The maximum Gasteiger partial charge on any atom is 0.222 e. The molecule has 44 heavy (non-hydrogen) atoms. The first-order chi connectivity index (χ1) is 21.0. The number of epoxide rings is 1. The number of halogens is 1. The van der Waals surface area contributed by atoms with E-state index in [9.17, 15) is 4.79 Å². The van der Waals surface area contributed by atoms with Crippen molar-refractivity contribution in [2.45, 2.75) is 122 Å². The van der Waals surface area contributed by atoms with Crippen LogP contribution in [0.2, 0.25) is 5.02 Å². The molecule has 4 aliphatic heterocycles. The summed E-state index contributed by atoms with van der Waals surface area (Å²) in [6.07, 6.45) is 5.34. The Labute approximate surface area is 268 Å². The minimum atomic E-state index is -0.476. The fourth-order valence-corrected chi connectivity index (χ4v) is 8.62. The summed E-state index contributed by atoms with van der Waals surface area (Å²) in [5.41, 5.74) is 3.84. The number of nitrogens with zero attached hydrogens (tertiary/aromatic N) is 5. The third-order valence-electron chi connectivity index (χ3n) is 9.33. The van der Waals surface area contributed by atoms with E-state index in [0.717, 1.165) is 53.3 Å². The van der Waals surface area contributed by atoms with Gasteiger partial charge in [0.2, 0.25) is 5.91 Å². The van der Waals surface area contributed by atoms with E-state index in [2.05, 4.69) is 59.6 Å². The molecule has 4 aliphatic rings. The van der Waals surface area contributed by atoms with Crippen molar-refractivity contribution in [2.75, 3.05) is 0 Å². The van der Waals surface area contributed by atoms with E-state index in [4.69, 9.17) is 26.1 Å². The Hall–Kier alpha value is -2.63. The van der Waals surface area contributed by atoms with Crippen LogP contribution >= 0.6 is 22.9 Å². The molecule has 11 heteroatoms. The van der Waals surface area contributed by atoms with Crippen molar-refractivity contribution in [3.05, 3.63) is 62.5 Å². The summed E-state index contributed by atoms with van der Waals surface area (Å²) in [5, 5.41) is 14.1. The lowest BCUT2D eigenvalue weighted by Crippen LogP contribution is -2.58. The molecule has 0 radical (unpaired) electrons. The molecule has 234 valence electrons. The molecule has 6 atom stereocenters. The lowest BCUT2D eigenvalue weighted by molar-refractivity contribution is -0.123. The molecule has 0 saturated carbocycles. The number of aromatic nitrogens is 3. The van der Waals surface area contributed by atoms with Gasteiger partial charge in [-0.2, -0.15) is 0 Å². The Morgan fingerprint density at radius 3 is 2.50 bits per heavy atom. The summed E-state index contributed by atoms with van der Waals surface area (Å²) in [5.74, 6) is 1.48. The van der Waals surface area contributed by atoms with Crippen LogP contribution in [0.4, 0.5) is 0 Å². The number of ether oxygens (including phenoxy) is 2. The largest absolute Gasteiger partial charge is 0.353 e. The van der Waals surface area contributed by atoms with Crippen LogP contribution in [0.3, 0.4) is 0 Å². The molecule has 2 bridgehead atoms. The maximum absolute atomic E-state index is 13.8. The maximum atomic E-state index is 13.8. The first-order valence-electron chi connectivity index (χ1n) is 15.7. The van der Waals surface area contributed by atoms with Gasteiger partial charge in [0.25, 0.3) is 0 Å². The number of amides is 1. The van der Waals surface area contributed by atoms with Gasteiger partial charge in [0, 0.05) is 39.2 Å². The first kappa shape index (κ1) is 30.0. The van der Waals surface area contributed by atoms with Gasteiger partial charge in [-0.05, 0) is 84.9 Å². The average molecular weight is 637 g/mol. The molecule has 3 unspecified atom stereocenters. The molecule has 3 fully saturated rings. The third kappa shape index (κ3) is 5.64. The van der Waals surface area contributed by atoms with E-state index in [1.807, 2.05) is 31.2 Å². The number of hydrogen-bond donors (Lipinski definition) is 1. The smallest absolute Gasteiger partial charge is 0.222 e. The Bertz CT molecular complexity index is 1590. The zero-order valence-corrected chi connectivity index (χ0v) is 27.8.